The minimum atomic E-state index is -1.64. The van der Waals surface area contributed by atoms with E-state index in [1.807, 2.05) is 0 Å². The number of aliphatic hydroxyl groups excluding tert-OH is 4. The van der Waals surface area contributed by atoms with E-state index in [2.05, 4.69) is 0 Å². The molecule has 0 spiro atoms. The van der Waals surface area contributed by atoms with E-state index in [4.69, 9.17) is 20.4 Å². The Morgan fingerprint density at radius 2 is 1.82 bits per heavy atom. The average Bonchev–Trinajstić information content (AvgIpc) is 2.00. The molecule has 0 fully saturated rings. The van der Waals surface area contributed by atoms with Gasteiger partial charge < -0.3 is 28.1 Å². The van der Waals surface area contributed by atoms with E-state index < -0.39 is 24.9 Å². The maximum Gasteiger partial charge on any atom is 2.00 e. The van der Waals surface area contributed by atoms with E-state index in [1.54, 1.807) is 0 Å². The number of carbonyl (C=O) groups excluding carboxylic acids is 1. The van der Waals surface area contributed by atoms with E-state index in [-0.39, 0.29) is 46.9 Å². The molecule has 0 aromatic heterocycles. The van der Waals surface area contributed by atoms with Gasteiger partial charge in [0.05, 0.1) is 6.61 Å². The third-order valence-electron chi connectivity index (χ3n) is 1.07. The number of carbonyl (C=O) groups is 1. The van der Waals surface area contributed by atoms with Crippen molar-refractivity contribution in [2.24, 2.45) is 0 Å². The summed E-state index contributed by atoms with van der Waals surface area (Å²) < 4.78 is 0. The largest absolute Gasteiger partial charge is 2.00 e. The molecule has 0 bridgehead atoms. The van der Waals surface area contributed by atoms with Crippen molar-refractivity contribution in [3.8, 4) is 0 Å². The first-order chi connectivity index (χ1) is 4.63. The van der Waals surface area contributed by atoms with Crippen LogP contribution >= 0.6 is 0 Å². The minimum absolute atomic E-state index is 0. The van der Waals surface area contributed by atoms with Crippen LogP contribution in [-0.2, 0) is 4.79 Å². The van der Waals surface area contributed by atoms with Crippen LogP contribution in [0.25, 0.3) is 0 Å². The molecule has 64 valence electrons. The average molecular weight is 192 g/mol. The van der Waals surface area contributed by atoms with E-state index in [0.717, 1.165) is 0 Å². The molecule has 0 aliphatic carbocycles. The molecular weight excluding hydrogens is 180 g/mol. The van der Waals surface area contributed by atoms with E-state index >= 15 is 0 Å². The normalized spacial score (nSPS) is 17.8. The molecule has 4 N–H and O–H groups in total. The molecule has 3 atom stereocenters. The summed E-state index contributed by atoms with van der Waals surface area (Å²) in [6.07, 6.45) is -4.63. The number of rotatable bonds is 4. The van der Waals surface area contributed by atoms with Gasteiger partial charge in [0.15, 0.2) is 6.29 Å². The second kappa shape index (κ2) is 7.42. The molecule has 0 aliphatic rings. The summed E-state index contributed by atoms with van der Waals surface area (Å²) in [6.45, 7) is -0.688. The smallest absolute Gasteiger partial charge is 1.00 e. The first-order valence-corrected chi connectivity index (χ1v) is 2.73. The zero-order valence-corrected chi connectivity index (χ0v) is 8.13. The number of hydrogen-bond acceptors (Lipinski definition) is 5. The summed E-state index contributed by atoms with van der Waals surface area (Å²) in [6, 6.07) is 0. The molecule has 0 rings (SSSR count). The van der Waals surface area contributed by atoms with Crippen molar-refractivity contribution in [1.29, 1.82) is 0 Å². The predicted molar refractivity (Wildman–Crippen MR) is 39.1 cm³/mol. The second-order valence-electron chi connectivity index (χ2n) is 1.87. The molecule has 0 aliphatic heterocycles. The van der Waals surface area contributed by atoms with Gasteiger partial charge in [-0.3, -0.25) is 0 Å². The van der Waals surface area contributed by atoms with Gasteiger partial charge in [-0.2, -0.15) is 0 Å². The van der Waals surface area contributed by atoms with Crippen LogP contribution in [0.15, 0.2) is 0 Å². The Morgan fingerprint density at radius 3 is 2.09 bits per heavy atom. The molecule has 0 heterocycles. The van der Waals surface area contributed by atoms with Gasteiger partial charge in [0.1, 0.15) is 18.3 Å². The first-order valence-electron chi connectivity index (χ1n) is 2.73. The Kier molecular flexibility index (Phi) is 9.65. The maximum atomic E-state index is 9.76. The molecule has 6 heteroatoms. The quantitative estimate of drug-likeness (QED) is 0.283. The minimum Gasteiger partial charge on any atom is -1.00 e. The van der Waals surface area contributed by atoms with E-state index in [9.17, 15) is 4.79 Å². The number of aldehydes is 1. The van der Waals surface area contributed by atoms with Crippen molar-refractivity contribution in [2.45, 2.75) is 18.3 Å². The van der Waals surface area contributed by atoms with Crippen LogP contribution in [-0.4, -0.2) is 89.4 Å². The van der Waals surface area contributed by atoms with Crippen molar-refractivity contribution < 1.29 is 28.1 Å². The maximum absolute atomic E-state index is 9.76. The van der Waals surface area contributed by atoms with Crippen LogP contribution in [0.2, 0.25) is 0 Å². The van der Waals surface area contributed by atoms with Crippen LogP contribution in [0.4, 0.5) is 0 Å². The van der Waals surface area contributed by atoms with E-state index in [0.29, 0.717) is 0 Å². The molecule has 0 aromatic carbocycles. The fraction of sp³-hybridized carbons (Fsp3) is 0.800. The number of aliphatic hydroxyl groups is 4. The van der Waals surface area contributed by atoms with Gasteiger partial charge in [-0.25, -0.2) is 0 Å². The van der Waals surface area contributed by atoms with Crippen LogP contribution in [0.1, 0.15) is 2.85 Å². The Hall–Kier alpha value is 0.770. The standard InChI is InChI=1S/C5H10O5.Ca.2H/c6-1-3(8)5(10)4(9)2-7;;;/h1,3-5,7-10H,2H2;;;/q;+2;2*-1. The van der Waals surface area contributed by atoms with Crippen LogP contribution in [0, 0.1) is 0 Å². The summed E-state index contributed by atoms with van der Waals surface area (Å²) in [4.78, 5) is 9.76. The van der Waals surface area contributed by atoms with E-state index in [1.165, 1.54) is 0 Å². The molecule has 0 aromatic rings. The molecular formula is C5H12CaO5. The van der Waals surface area contributed by atoms with Gasteiger partial charge in [-0.05, 0) is 0 Å². The van der Waals surface area contributed by atoms with Crippen molar-refractivity contribution in [3.63, 3.8) is 0 Å². The third-order valence-corrected chi connectivity index (χ3v) is 1.07. The van der Waals surface area contributed by atoms with Crippen molar-refractivity contribution in [3.05, 3.63) is 0 Å². The molecule has 5 nitrogen and oxygen atoms in total. The fourth-order valence-electron chi connectivity index (χ4n) is 0.416. The molecule has 0 saturated carbocycles. The molecule has 3 unspecified atom stereocenters. The molecule has 0 amide bonds. The molecule has 0 saturated heterocycles. The van der Waals surface area contributed by atoms with Gasteiger partial charge in [0.2, 0.25) is 0 Å². The predicted octanol–water partition coefficient (Wildman–Crippen LogP) is -2.90. The van der Waals surface area contributed by atoms with Crippen molar-refractivity contribution in [1.82, 2.24) is 0 Å². The summed E-state index contributed by atoms with van der Waals surface area (Å²) in [5.74, 6) is 0. The van der Waals surface area contributed by atoms with Crippen LogP contribution in [0.3, 0.4) is 0 Å². The summed E-state index contributed by atoms with van der Waals surface area (Å²) >= 11 is 0. The summed E-state index contributed by atoms with van der Waals surface area (Å²) in [7, 11) is 0. The fourth-order valence-corrected chi connectivity index (χ4v) is 0.416. The molecule has 0 radical (unpaired) electrons. The zero-order chi connectivity index (χ0) is 8.15. The Bertz CT molecular complexity index is 117. The SMILES string of the molecule is O=CC(O)C(O)C(O)CO.[Ca+2].[H-].[H-]. The van der Waals surface area contributed by atoms with Crippen molar-refractivity contribution in [2.75, 3.05) is 6.61 Å². The van der Waals surface area contributed by atoms with Gasteiger partial charge in [-0.15, -0.1) is 0 Å². The summed E-state index contributed by atoms with van der Waals surface area (Å²) in [5.41, 5.74) is 0. The Labute approximate surface area is 96.6 Å². The van der Waals surface area contributed by atoms with Gasteiger partial charge in [0.25, 0.3) is 0 Å². The first kappa shape index (κ1) is 14.3. The van der Waals surface area contributed by atoms with Gasteiger partial charge in [0, 0.05) is 0 Å². The third kappa shape index (κ3) is 5.08. The van der Waals surface area contributed by atoms with Crippen LogP contribution < -0.4 is 0 Å². The zero-order valence-electron chi connectivity index (χ0n) is 7.92. The Balaban J connectivity index is -0.000000135. The van der Waals surface area contributed by atoms with Gasteiger partial charge in [-0.1, -0.05) is 0 Å². The second-order valence-corrected chi connectivity index (χ2v) is 1.87. The number of hydrogen-bond donors (Lipinski definition) is 4. The topological polar surface area (TPSA) is 98.0 Å². The van der Waals surface area contributed by atoms with Gasteiger partial charge >= 0.3 is 37.7 Å². The Morgan fingerprint density at radius 1 is 1.36 bits per heavy atom. The van der Waals surface area contributed by atoms with Crippen LogP contribution in [0.5, 0.6) is 0 Å². The summed E-state index contributed by atoms with van der Waals surface area (Å²) in [5, 5.41) is 34.1. The van der Waals surface area contributed by atoms with Crippen molar-refractivity contribution >= 4 is 44.0 Å². The molecule has 11 heavy (non-hydrogen) atoms. The monoisotopic (exact) mass is 192 g/mol.